The van der Waals surface area contributed by atoms with Crippen LogP contribution < -0.4 is 11.1 Å². The monoisotopic (exact) mass is 282 g/mol. The summed E-state index contributed by atoms with van der Waals surface area (Å²) in [4.78, 5) is 12.1. The molecule has 4 heteroatoms. The van der Waals surface area contributed by atoms with E-state index in [0.717, 1.165) is 0 Å². The van der Waals surface area contributed by atoms with Crippen LogP contribution in [0.25, 0.3) is 0 Å². The molecule has 1 aliphatic carbocycles. The van der Waals surface area contributed by atoms with Gasteiger partial charge in [0.1, 0.15) is 0 Å². The van der Waals surface area contributed by atoms with Gasteiger partial charge >= 0.3 is 0 Å². The van der Waals surface area contributed by atoms with Crippen molar-refractivity contribution in [2.24, 2.45) is 11.7 Å². The molecule has 0 spiro atoms. The lowest BCUT2D eigenvalue weighted by atomic mass is 9.84. The molecule has 1 saturated carbocycles. The van der Waals surface area contributed by atoms with Crippen LogP contribution in [-0.2, 0) is 0 Å². The van der Waals surface area contributed by atoms with Crippen LogP contribution in [0.3, 0.4) is 0 Å². The first-order valence-electron chi connectivity index (χ1n) is 6.87. The van der Waals surface area contributed by atoms with Crippen molar-refractivity contribution in [1.82, 2.24) is 5.32 Å². The van der Waals surface area contributed by atoms with Crippen LogP contribution in [0, 0.1) is 5.92 Å². The van der Waals surface area contributed by atoms with E-state index in [1.54, 1.807) is 0 Å². The highest BCUT2D eigenvalue weighted by Gasteiger charge is 2.24. The average Bonchev–Trinajstić information content (AvgIpc) is 2.46. The summed E-state index contributed by atoms with van der Waals surface area (Å²) >= 11 is 0. The summed E-state index contributed by atoms with van der Waals surface area (Å²) in [5.74, 6) is 0.549. The van der Waals surface area contributed by atoms with Crippen molar-refractivity contribution in [2.45, 2.75) is 38.1 Å². The number of halogens is 1. The normalized spacial score (nSPS) is 17.3. The maximum Gasteiger partial charge on any atom is 0.251 e. The van der Waals surface area contributed by atoms with Crippen molar-refractivity contribution in [3.63, 3.8) is 0 Å². The summed E-state index contributed by atoms with van der Waals surface area (Å²) in [6.45, 7) is 0.531. The largest absolute Gasteiger partial charge is 0.348 e. The second-order valence-corrected chi connectivity index (χ2v) is 5.08. The van der Waals surface area contributed by atoms with Crippen LogP contribution in [0.2, 0.25) is 0 Å². The van der Waals surface area contributed by atoms with E-state index in [-0.39, 0.29) is 24.4 Å². The number of nitrogens with one attached hydrogen (secondary N) is 1. The van der Waals surface area contributed by atoms with Gasteiger partial charge in [-0.25, -0.2) is 0 Å². The Bertz CT molecular complexity index is 377. The topological polar surface area (TPSA) is 55.1 Å². The Balaban J connectivity index is 0.00000180. The quantitative estimate of drug-likeness (QED) is 0.892. The number of hydrogen-bond acceptors (Lipinski definition) is 2. The molecule has 0 aliphatic heterocycles. The summed E-state index contributed by atoms with van der Waals surface area (Å²) in [5, 5.41) is 3.09. The van der Waals surface area contributed by atoms with Crippen molar-refractivity contribution in [3.05, 3.63) is 35.9 Å². The number of nitrogens with two attached hydrogens (primary N) is 1. The zero-order valence-corrected chi connectivity index (χ0v) is 12.0. The molecule has 0 bridgehead atoms. The lowest BCUT2D eigenvalue weighted by molar-refractivity contribution is 0.0915. The molecule has 1 atom stereocenters. The first-order chi connectivity index (χ1) is 8.81. The molecule has 3 nitrogen and oxygen atoms in total. The molecule has 1 amide bonds. The van der Waals surface area contributed by atoms with Gasteiger partial charge in [-0.1, -0.05) is 37.5 Å². The third kappa shape index (κ3) is 4.51. The molecular weight excluding hydrogens is 260 g/mol. The maximum absolute atomic E-state index is 12.1. The number of benzene rings is 1. The van der Waals surface area contributed by atoms with Crippen LogP contribution in [-0.4, -0.2) is 18.5 Å². The highest BCUT2D eigenvalue weighted by molar-refractivity contribution is 5.94. The van der Waals surface area contributed by atoms with E-state index in [9.17, 15) is 4.79 Å². The Morgan fingerprint density at radius 3 is 2.42 bits per heavy atom. The predicted octanol–water partition coefficient (Wildman–Crippen LogP) is 2.75. The minimum Gasteiger partial charge on any atom is -0.348 e. The number of hydrogen-bond donors (Lipinski definition) is 2. The maximum atomic E-state index is 12.1. The average molecular weight is 283 g/mol. The smallest absolute Gasteiger partial charge is 0.251 e. The first-order valence-corrected chi connectivity index (χ1v) is 6.87. The third-order valence-corrected chi connectivity index (χ3v) is 3.83. The minimum atomic E-state index is -0.00313. The van der Waals surface area contributed by atoms with Crippen LogP contribution >= 0.6 is 12.4 Å². The highest BCUT2D eigenvalue weighted by atomic mass is 35.5. The Kier molecular flexibility index (Phi) is 6.89. The van der Waals surface area contributed by atoms with Gasteiger partial charge in [-0.15, -0.1) is 12.4 Å². The summed E-state index contributed by atoms with van der Waals surface area (Å²) in [7, 11) is 0. The van der Waals surface area contributed by atoms with E-state index in [4.69, 9.17) is 5.73 Å². The standard InChI is InChI=1S/C15H22N2O.ClH/c16-11-14(12-7-3-1-4-8-12)17-15(18)13-9-5-2-6-10-13;/h2,5-6,9-10,12,14H,1,3-4,7-8,11,16H2,(H,17,18);1H. The second kappa shape index (κ2) is 8.18. The van der Waals surface area contributed by atoms with Crippen LogP contribution in [0.15, 0.2) is 30.3 Å². The second-order valence-electron chi connectivity index (χ2n) is 5.08. The summed E-state index contributed by atoms with van der Waals surface area (Å²) < 4.78 is 0. The molecule has 1 aromatic rings. The molecule has 1 unspecified atom stereocenters. The molecule has 106 valence electrons. The van der Waals surface area contributed by atoms with Gasteiger partial charge in [0.2, 0.25) is 0 Å². The Morgan fingerprint density at radius 1 is 1.21 bits per heavy atom. The van der Waals surface area contributed by atoms with Crippen molar-refractivity contribution < 1.29 is 4.79 Å². The van der Waals surface area contributed by atoms with E-state index in [0.29, 0.717) is 18.0 Å². The molecule has 1 aliphatic rings. The predicted molar refractivity (Wildman–Crippen MR) is 80.6 cm³/mol. The number of amides is 1. The molecule has 0 radical (unpaired) electrons. The number of rotatable bonds is 4. The van der Waals surface area contributed by atoms with Crippen molar-refractivity contribution >= 4 is 18.3 Å². The molecule has 1 aromatic carbocycles. The highest BCUT2D eigenvalue weighted by Crippen LogP contribution is 2.26. The zero-order chi connectivity index (χ0) is 12.8. The SMILES string of the molecule is Cl.NCC(NC(=O)c1ccccc1)C1CCCCC1. The summed E-state index contributed by atoms with van der Waals surface area (Å²) in [6.07, 6.45) is 6.24. The minimum absolute atomic E-state index is 0. The van der Waals surface area contributed by atoms with Gasteiger partial charge < -0.3 is 11.1 Å². The van der Waals surface area contributed by atoms with Gasteiger partial charge in [0.25, 0.3) is 5.91 Å². The molecule has 1 fully saturated rings. The molecule has 0 heterocycles. The van der Waals surface area contributed by atoms with E-state index in [1.807, 2.05) is 30.3 Å². The summed E-state index contributed by atoms with van der Waals surface area (Å²) in [6, 6.07) is 9.48. The van der Waals surface area contributed by atoms with Gasteiger partial charge in [-0.05, 0) is 30.9 Å². The number of carbonyl (C=O) groups is 1. The van der Waals surface area contributed by atoms with Crippen molar-refractivity contribution in [1.29, 1.82) is 0 Å². The number of carbonyl (C=O) groups excluding carboxylic acids is 1. The fourth-order valence-electron chi connectivity index (χ4n) is 2.75. The van der Waals surface area contributed by atoms with Crippen LogP contribution in [0.5, 0.6) is 0 Å². The Hall–Kier alpha value is -1.06. The Labute approximate surface area is 121 Å². The molecule has 3 N–H and O–H groups in total. The molecule has 0 saturated heterocycles. The fourth-order valence-corrected chi connectivity index (χ4v) is 2.75. The fraction of sp³-hybridized carbons (Fsp3) is 0.533. The zero-order valence-electron chi connectivity index (χ0n) is 11.2. The summed E-state index contributed by atoms with van der Waals surface area (Å²) in [5.41, 5.74) is 6.53. The first kappa shape index (κ1) is 16.0. The third-order valence-electron chi connectivity index (χ3n) is 3.83. The van der Waals surface area contributed by atoms with Gasteiger partial charge in [0.15, 0.2) is 0 Å². The lowest BCUT2D eigenvalue weighted by Gasteiger charge is -2.30. The van der Waals surface area contributed by atoms with E-state index >= 15 is 0 Å². The molecule has 2 rings (SSSR count). The van der Waals surface area contributed by atoms with Crippen molar-refractivity contribution in [3.8, 4) is 0 Å². The van der Waals surface area contributed by atoms with Crippen LogP contribution in [0.4, 0.5) is 0 Å². The van der Waals surface area contributed by atoms with Gasteiger partial charge in [-0.3, -0.25) is 4.79 Å². The van der Waals surface area contributed by atoms with Gasteiger partial charge in [0, 0.05) is 18.2 Å². The van der Waals surface area contributed by atoms with E-state index in [1.165, 1.54) is 32.1 Å². The van der Waals surface area contributed by atoms with Gasteiger partial charge in [-0.2, -0.15) is 0 Å². The van der Waals surface area contributed by atoms with Gasteiger partial charge in [0.05, 0.1) is 0 Å². The molecular formula is C15H23ClN2O. The van der Waals surface area contributed by atoms with E-state index < -0.39 is 0 Å². The molecule has 19 heavy (non-hydrogen) atoms. The lowest BCUT2D eigenvalue weighted by Crippen LogP contribution is -2.45. The van der Waals surface area contributed by atoms with Crippen LogP contribution in [0.1, 0.15) is 42.5 Å². The van der Waals surface area contributed by atoms with Crippen molar-refractivity contribution in [2.75, 3.05) is 6.54 Å². The van der Waals surface area contributed by atoms with E-state index in [2.05, 4.69) is 5.32 Å². The molecule has 0 aromatic heterocycles. The Morgan fingerprint density at radius 2 is 1.84 bits per heavy atom.